The first-order chi connectivity index (χ1) is 14.0. The highest BCUT2D eigenvalue weighted by atomic mass is 19.1. The monoisotopic (exact) mass is 400 g/mol. The molecule has 0 amide bonds. The van der Waals surface area contributed by atoms with Crippen molar-refractivity contribution >= 4 is 11.2 Å². The van der Waals surface area contributed by atoms with E-state index in [1.807, 2.05) is 0 Å². The fourth-order valence-electron chi connectivity index (χ4n) is 3.42. The van der Waals surface area contributed by atoms with Gasteiger partial charge in [-0.25, -0.2) is 13.8 Å². The lowest BCUT2D eigenvalue weighted by Crippen LogP contribution is -2.38. The number of benzene rings is 1. The van der Waals surface area contributed by atoms with Crippen LogP contribution >= 0.6 is 0 Å². The van der Waals surface area contributed by atoms with Crippen molar-refractivity contribution in [2.45, 2.75) is 19.3 Å². The first kappa shape index (κ1) is 19.2. The molecular formula is C19H21FN6O3. The van der Waals surface area contributed by atoms with E-state index in [9.17, 15) is 14.0 Å². The predicted octanol–water partition coefficient (Wildman–Crippen LogP) is 0.878. The zero-order valence-corrected chi connectivity index (χ0v) is 16.0. The number of fused-ring (bicyclic) bond motifs is 1. The molecule has 1 fully saturated rings. The summed E-state index contributed by atoms with van der Waals surface area (Å²) in [6, 6.07) is 5.27. The molecule has 0 N–H and O–H groups in total. The minimum Gasteiger partial charge on any atom is -0.461 e. The number of rotatable bonds is 5. The molecule has 10 heteroatoms. The van der Waals surface area contributed by atoms with Gasteiger partial charge in [0.2, 0.25) is 0 Å². The van der Waals surface area contributed by atoms with Gasteiger partial charge in [0.15, 0.2) is 11.2 Å². The molecule has 4 rings (SSSR count). The second-order valence-corrected chi connectivity index (χ2v) is 6.98. The quantitative estimate of drug-likeness (QED) is 0.627. The molecule has 152 valence electrons. The number of hydrogen-bond acceptors (Lipinski definition) is 7. The number of halogens is 1. The Hall–Kier alpha value is -3.14. The van der Waals surface area contributed by atoms with Gasteiger partial charge in [0.05, 0.1) is 5.69 Å². The smallest absolute Gasteiger partial charge is 0.337 e. The Labute approximate surface area is 165 Å². The maximum absolute atomic E-state index is 13.3. The molecule has 3 aromatic rings. The highest BCUT2D eigenvalue weighted by Crippen LogP contribution is 2.13. The van der Waals surface area contributed by atoms with Gasteiger partial charge in [-0.05, 0) is 50.2 Å². The van der Waals surface area contributed by atoms with Gasteiger partial charge < -0.3 is 4.74 Å². The van der Waals surface area contributed by atoms with E-state index in [0.717, 1.165) is 24.2 Å². The van der Waals surface area contributed by atoms with Crippen LogP contribution in [0.25, 0.3) is 16.9 Å². The zero-order valence-electron chi connectivity index (χ0n) is 16.0. The summed E-state index contributed by atoms with van der Waals surface area (Å²) in [4.78, 5) is 31.7. The van der Waals surface area contributed by atoms with Gasteiger partial charge in [-0.3, -0.25) is 14.3 Å². The summed E-state index contributed by atoms with van der Waals surface area (Å²) in [6.45, 7) is 3.22. The Morgan fingerprint density at radius 1 is 1.07 bits per heavy atom. The molecule has 29 heavy (non-hydrogen) atoms. The first-order valence-electron chi connectivity index (χ1n) is 9.52. The lowest BCUT2D eigenvalue weighted by atomic mass is 10.1. The Kier molecular flexibility index (Phi) is 5.34. The van der Waals surface area contributed by atoms with E-state index in [0.29, 0.717) is 12.3 Å². The molecule has 3 heterocycles. The molecule has 1 aliphatic heterocycles. The predicted molar refractivity (Wildman–Crippen MR) is 104 cm³/mol. The summed E-state index contributed by atoms with van der Waals surface area (Å²) < 4.78 is 21.0. The van der Waals surface area contributed by atoms with E-state index in [1.165, 1.54) is 55.1 Å². The topological polar surface area (TPSA) is 95.1 Å². The van der Waals surface area contributed by atoms with Crippen LogP contribution in [-0.4, -0.2) is 55.5 Å². The van der Waals surface area contributed by atoms with Crippen molar-refractivity contribution in [3.63, 3.8) is 0 Å². The van der Waals surface area contributed by atoms with Gasteiger partial charge in [-0.1, -0.05) is 11.5 Å². The standard InChI is InChI=1S/C19H21FN6O3/c1-24-17(27)15-16(26(19(24)28)14-7-5-13(20)6-8-14)22-23-18(21-15)29-12-11-25-9-3-2-4-10-25/h5-8H,2-4,9-12H2,1H3. The second kappa shape index (κ2) is 8.08. The van der Waals surface area contributed by atoms with E-state index >= 15 is 0 Å². The number of ether oxygens (including phenoxy) is 1. The van der Waals surface area contributed by atoms with Crippen LogP contribution in [0.2, 0.25) is 0 Å². The van der Waals surface area contributed by atoms with Crippen molar-refractivity contribution in [2.75, 3.05) is 26.2 Å². The molecule has 0 saturated carbocycles. The van der Waals surface area contributed by atoms with Crippen molar-refractivity contribution in [3.05, 3.63) is 50.9 Å². The molecule has 0 bridgehead atoms. The third kappa shape index (κ3) is 3.88. The summed E-state index contributed by atoms with van der Waals surface area (Å²) in [5.74, 6) is -0.440. The minimum atomic E-state index is -0.621. The van der Waals surface area contributed by atoms with Gasteiger partial charge in [0.1, 0.15) is 12.4 Å². The van der Waals surface area contributed by atoms with Crippen LogP contribution in [0, 0.1) is 5.82 Å². The van der Waals surface area contributed by atoms with Crippen molar-refractivity contribution in [2.24, 2.45) is 7.05 Å². The van der Waals surface area contributed by atoms with Crippen LogP contribution in [0.4, 0.5) is 4.39 Å². The van der Waals surface area contributed by atoms with Crippen molar-refractivity contribution in [1.29, 1.82) is 0 Å². The Morgan fingerprint density at radius 3 is 2.52 bits per heavy atom. The van der Waals surface area contributed by atoms with Crippen LogP contribution in [0.1, 0.15) is 19.3 Å². The minimum absolute atomic E-state index is 0.00640. The maximum atomic E-state index is 13.3. The molecule has 0 spiro atoms. The molecule has 2 aromatic heterocycles. The second-order valence-electron chi connectivity index (χ2n) is 6.98. The van der Waals surface area contributed by atoms with Crippen molar-refractivity contribution < 1.29 is 9.13 Å². The van der Waals surface area contributed by atoms with Gasteiger partial charge >= 0.3 is 11.7 Å². The SMILES string of the molecule is Cn1c(=O)c2nc(OCCN3CCCCC3)nnc2n(-c2ccc(F)cc2)c1=O. The average Bonchev–Trinajstić information content (AvgIpc) is 2.75. The highest BCUT2D eigenvalue weighted by molar-refractivity contribution is 5.70. The summed E-state index contributed by atoms with van der Waals surface area (Å²) in [5, 5.41) is 7.93. The van der Waals surface area contributed by atoms with Crippen LogP contribution in [0.5, 0.6) is 6.01 Å². The molecule has 9 nitrogen and oxygen atoms in total. The van der Waals surface area contributed by atoms with E-state index in [2.05, 4.69) is 20.1 Å². The number of nitrogens with zero attached hydrogens (tertiary/aromatic N) is 6. The summed E-state index contributed by atoms with van der Waals surface area (Å²) in [7, 11) is 1.35. The van der Waals surface area contributed by atoms with E-state index in [-0.39, 0.29) is 17.2 Å². The van der Waals surface area contributed by atoms with Gasteiger partial charge in [-0.15, -0.1) is 5.10 Å². The maximum Gasteiger partial charge on any atom is 0.337 e. The van der Waals surface area contributed by atoms with Gasteiger partial charge in [-0.2, -0.15) is 4.98 Å². The molecule has 0 radical (unpaired) electrons. The highest BCUT2D eigenvalue weighted by Gasteiger charge is 2.17. The number of piperidine rings is 1. The molecule has 0 atom stereocenters. The fourth-order valence-corrected chi connectivity index (χ4v) is 3.42. The van der Waals surface area contributed by atoms with Gasteiger partial charge in [0, 0.05) is 13.6 Å². The third-order valence-electron chi connectivity index (χ3n) is 5.02. The molecule has 0 aliphatic carbocycles. The van der Waals surface area contributed by atoms with Gasteiger partial charge in [0.25, 0.3) is 5.56 Å². The lowest BCUT2D eigenvalue weighted by Gasteiger charge is -2.25. The van der Waals surface area contributed by atoms with E-state index in [1.54, 1.807) is 0 Å². The first-order valence-corrected chi connectivity index (χ1v) is 9.52. The molecule has 1 aromatic carbocycles. The Bertz CT molecular complexity index is 1140. The zero-order chi connectivity index (χ0) is 20.4. The van der Waals surface area contributed by atoms with Crippen LogP contribution < -0.4 is 16.0 Å². The van der Waals surface area contributed by atoms with E-state index < -0.39 is 17.1 Å². The lowest BCUT2D eigenvalue weighted by molar-refractivity contribution is 0.176. The van der Waals surface area contributed by atoms with Crippen molar-refractivity contribution in [1.82, 2.24) is 29.2 Å². The van der Waals surface area contributed by atoms with Crippen LogP contribution in [-0.2, 0) is 7.05 Å². The van der Waals surface area contributed by atoms with Crippen LogP contribution in [0.15, 0.2) is 33.9 Å². The number of hydrogen-bond donors (Lipinski definition) is 0. The third-order valence-corrected chi connectivity index (χ3v) is 5.02. The number of aromatic nitrogens is 5. The molecular weight excluding hydrogens is 379 g/mol. The number of likely N-dealkylation sites (tertiary alicyclic amines) is 1. The Balaban J connectivity index is 1.66. The summed E-state index contributed by atoms with van der Waals surface area (Å²) in [5.41, 5.74) is -0.914. The summed E-state index contributed by atoms with van der Waals surface area (Å²) >= 11 is 0. The van der Waals surface area contributed by atoms with Crippen LogP contribution in [0.3, 0.4) is 0 Å². The Morgan fingerprint density at radius 2 is 1.79 bits per heavy atom. The van der Waals surface area contributed by atoms with E-state index in [4.69, 9.17) is 4.74 Å². The average molecular weight is 400 g/mol. The molecule has 1 saturated heterocycles. The normalized spacial score (nSPS) is 15.0. The molecule has 1 aliphatic rings. The largest absolute Gasteiger partial charge is 0.461 e. The fraction of sp³-hybridized carbons (Fsp3) is 0.421. The van der Waals surface area contributed by atoms with Crippen molar-refractivity contribution in [3.8, 4) is 11.7 Å². The summed E-state index contributed by atoms with van der Waals surface area (Å²) in [6.07, 6.45) is 3.63. The molecule has 0 unspecified atom stereocenters.